The quantitative estimate of drug-likeness (QED) is 0.262. The van der Waals surface area contributed by atoms with Crippen LogP contribution in [0.2, 0.25) is 0 Å². The number of ketones is 1. The van der Waals surface area contributed by atoms with E-state index < -0.39 is 0 Å². The first-order valence-corrected chi connectivity index (χ1v) is 10.0. The number of hydrogen-bond donors (Lipinski definition) is 0. The van der Waals surface area contributed by atoms with Crippen LogP contribution in [0, 0.1) is 0 Å². The highest BCUT2D eigenvalue weighted by Gasteiger charge is 2.21. The molecular weight excluding hydrogens is 270 g/mol. The smallest absolute Gasteiger partial charge is 0.138 e. The number of rotatable bonds is 16. The molecule has 0 heterocycles. The average molecular weight is 313 g/mol. The Morgan fingerprint density at radius 3 is 1.55 bits per heavy atom. The number of carbonyl (C=O) groups excluding carboxylic acids is 1. The van der Waals surface area contributed by atoms with Crippen LogP contribution >= 0.6 is 0 Å². The Morgan fingerprint density at radius 2 is 1.09 bits per heavy atom. The molecule has 0 spiro atoms. The maximum Gasteiger partial charge on any atom is 0.138 e. The zero-order valence-electron chi connectivity index (χ0n) is 16.0. The van der Waals surface area contributed by atoms with Gasteiger partial charge in [-0.25, -0.2) is 0 Å². The molecule has 132 valence electrons. The third kappa shape index (κ3) is 10.4. The van der Waals surface area contributed by atoms with Crippen LogP contribution in [-0.2, 0) is 4.79 Å². The molecule has 2 heteroatoms. The number of Topliss-reactive ketones (excluding diaryl/α,β-unsaturated/α-hetero) is 1. The SMILES string of the molecule is CCCCCCCCCCCC(=O)CC[N+](CC)(CC)CC. The van der Waals surface area contributed by atoms with Gasteiger partial charge in [-0.2, -0.15) is 0 Å². The summed E-state index contributed by atoms with van der Waals surface area (Å²) in [6.45, 7) is 13.5. The van der Waals surface area contributed by atoms with Gasteiger partial charge in [0.2, 0.25) is 0 Å². The number of carbonyl (C=O) groups is 1. The van der Waals surface area contributed by atoms with Crippen molar-refractivity contribution in [1.29, 1.82) is 0 Å². The van der Waals surface area contributed by atoms with E-state index in [2.05, 4.69) is 27.7 Å². The molecule has 0 aromatic heterocycles. The van der Waals surface area contributed by atoms with Gasteiger partial charge in [0, 0.05) is 6.42 Å². The van der Waals surface area contributed by atoms with Gasteiger partial charge in [-0.1, -0.05) is 58.3 Å². The number of hydrogen-bond acceptors (Lipinski definition) is 1. The predicted octanol–water partition coefficient (Wildman–Crippen LogP) is 5.74. The monoisotopic (exact) mass is 312 g/mol. The third-order valence-corrected chi connectivity index (χ3v) is 5.44. The molecule has 0 aliphatic rings. The number of unbranched alkanes of at least 4 members (excludes halogenated alkanes) is 8. The van der Waals surface area contributed by atoms with Crippen molar-refractivity contribution < 1.29 is 9.28 Å². The molecule has 0 bridgehead atoms. The maximum absolute atomic E-state index is 12.0. The van der Waals surface area contributed by atoms with E-state index in [9.17, 15) is 4.79 Å². The van der Waals surface area contributed by atoms with E-state index in [1.165, 1.54) is 51.4 Å². The summed E-state index contributed by atoms with van der Waals surface area (Å²) in [7, 11) is 0. The molecule has 0 aliphatic heterocycles. The number of quaternary nitrogens is 1. The molecule has 0 aromatic rings. The van der Waals surface area contributed by atoms with Gasteiger partial charge in [0.15, 0.2) is 0 Å². The standard InChI is InChI=1S/C20H42NO/c1-5-9-10-11-12-13-14-15-16-17-20(22)18-19-21(6-2,7-3)8-4/h5-19H2,1-4H3/q+1. The van der Waals surface area contributed by atoms with E-state index in [4.69, 9.17) is 0 Å². The molecule has 0 N–H and O–H groups in total. The fraction of sp³-hybridized carbons (Fsp3) is 0.950. The van der Waals surface area contributed by atoms with Crippen LogP contribution in [0.3, 0.4) is 0 Å². The summed E-state index contributed by atoms with van der Waals surface area (Å²) in [5, 5.41) is 0. The summed E-state index contributed by atoms with van der Waals surface area (Å²) in [5.74, 6) is 0.487. The summed E-state index contributed by atoms with van der Waals surface area (Å²) < 4.78 is 1.10. The highest BCUT2D eigenvalue weighted by atomic mass is 16.1. The molecule has 0 saturated carbocycles. The van der Waals surface area contributed by atoms with Gasteiger partial charge in [0.25, 0.3) is 0 Å². The zero-order chi connectivity index (χ0) is 16.7. The van der Waals surface area contributed by atoms with Gasteiger partial charge >= 0.3 is 0 Å². The largest absolute Gasteiger partial charge is 0.324 e. The van der Waals surface area contributed by atoms with E-state index in [-0.39, 0.29) is 0 Å². The zero-order valence-corrected chi connectivity index (χ0v) is 16.0. The molecule has 0 aliphatic carbocycles. The summed E-state index contributed by atoms with van der Waals surface area (Å²) >= 11 is 0. The van der Waals surface area contributed by atoms with Crippen LogP contribution in [-0.4, -0.2) is 36.4 Å². The highest BCUT2D eigenvalue weighted by Crippen LogP contribution is 2.12. The Hall–Kier alpha value is -0.370. The normalized spacial score (nSPS) is 11.8. The Morgan fingerprint density at radius 1 is 0.636 bits per heavy atom. The topological polar surface area (TPSA) is 17.1 Å². The van der Waals surface area contributed by atoms with Crippen LogP contribution in [0.25, 0.3) is 0 Å². The van der Waals surface area contributed by atoms with Crippen LogP contribution in [0.1, 0.15) is 98.3 Å². The Bertz CT molecular complexity index is 250. The lowest BCUT2D eigenvalue weighted by molar-refractivity contribution is -0.922. The minimum Gasteiger partial charge on any atom is -0.324 e. The molecule has 0 atom stereocenters. The minimum absolute atomic E-state index is 0.487. The first-order valence-electron chi connectivity index (χ1n) is 10.0. The average Bonchev–Trinajstić information content (AvgIpc) is 2.55. The third-order valence-electron chi connectivity index (χ3n) is 5.44. The molecule has 0 radical (unpaired) electrons. The predicted molar refractivity (Wildman–Crippen MR) is 98.2 cm³/mol. The molecule has 0 rings (SSSR count). The Kier molecular flexibility index (Phi) is 14.0. The molecular formula is C20H42NO+. The summed E-state index contributed by atoms with van der Waals surface area (Å²) in [6, 6.07) is 0. The molecule has 0 amide bonds. The van der Waals surface area contributed by atoms with Gasteiger partial charge in [0.1, 0.15) is 5.78 Å². The fourth-order valence-electron chi connectivity index (χ4n) is 3.26. The van der Waals surface area contributed by atoms with E-state index >= 15 is 0 Å². The lowest BCUT2D eigenvalue weighted by Gasteiger charge is -2.35. The van der Waals surface area contributed by atoms with Gasteiger partial charge in [-0.15, -0.1) is 0 Å². The lowest BCUT2D eigenvalue weighted by atomic mass is 10.0. The van der Waals surface area contributed by atoms with Gasteiger partial charge in [0.05, 0.1) is 32.6 Å². The summed E-state index contributed by atoms with van der Waals surface area (Å²) in [6.07, 6.45) is 13.5. The lowest BCUT2D eigenvalue weighted by Crippen LogP contribution is -2.48. The van der Waals surface area contributed by atoms with Crippen molar-refractivity contribution in [3.63, 3.8) is 0 Å². The van der Waals surface area contributed by atoms with E-state index in [0.717, 1.165) is 49.9 Å². The minimum atomic E-state index is 0.487. The molecule has 22 heavy (non-hydrogen) atoms. The second-order valence-electron chi connectivity index (χ2n) is 6.88. The fourth-order valence-corrected chi connectivity index (χ4v) is 3.26. The van der Waals surface area contributed by atoms with Gasteiger partial charge < -0.3 is 4.48 Å². The summed E-state index contributed by atoms with van der Waals surface area (Å²) in [5.41, 5.74) is 0. The van der Waals surface area contributed by atoms with Crippen LogP contribution < -0.4 is 0 Å². The maximum atomic E-state index is 12.0. The van der Waals surface area contributed by atoms with Crippen molar-refractivity contribution in [2.45, 2.75) is 98.3 Å². The van der Waals surface area contributed by atoms with Crippen molar-refractivity contribution in [3.05, 3.63) is 0 Å². The second kappa shape index (κ2) is 14.2. The Labute approximate surface area is 140 Å². The highest BCUT2D eigenvalue weighted by molar-refractivity contribution is 5.78. The first-order chi connectivity index (χ1) is 10.6. The van der Waals surface area contributed by atoms with E-state index in [1.807, 2.05) is 0 Å². The molecule has 2 nitrogen and oxygen atoms in total. The Balaban J connectivity index is 3.54. The van der Waals surface area contributed by atoms with Crippen LogP contribution in [0.5, 0.6) is 0 Å². The summed E-state index contributed by atoms with van der Waals surface area (Å²) in [4.78, 5) is 12.0. The van der Waals surface area contributed by atoms with Crippen LogP contribution in [0.15, 0.2) is 0 Å². The van der Waals surface area contributed by atoms with Crippen LogP contribution in [0.4, 0.5) is 0 Å². The van der Waals surface area contributed by atoms with Crippen molar-refractivity contribution in [2.24, 2.45) is 0 Å². The van der Waals surface area contributed by atoms with Crippen molar-refractivity contribution >= 4 is 5.78 Å². The van der Waals surface area contributed by atoms with Crippen molar-refractivity contribution in [1.82, 2.24) is 0 Å². The molecule has 0 saturated heterocycles. The molecule has 0 unspecified atom stereocenters. The van der Waals surface area contributed by atoms with E-state index in [1.54, 1.807) is 0 Å². The van der Waals surface area contributed by atoms with Gasteiger partial charge in [-0.05, 0) is 27.2 Å². The number of nitrogens with zero attached hydrogens (tertiary/aromatic N) is 1. The van der Waals surface area contributed by atoms with Gasteiger partial charge in [-0.3, -0.25) is 4.79 Å². The molecule has 0 aromatic carbocycles. The molecule has 0 fully saturated rings. The first kappa shape index (κ1) is 21.6. The van der Waals surface area contributed by atoms with Crippen molar-refractivity contribution in [2.75, 3.05) is 26.2 Å². The van der Waals surface area contributed by atoms with Crippen molar-refractivity contribution in [3.8, 4) is 0 Å². The second-order valence-corrected chi connectivity index (χ2v) is 6.88. The van der Waals surface area contributed by atoms with E-state index in [0.29, 0.717) is 5.78 Å².